The van der Waals surface area contributed by atoms with Crippen molar-refractivity contribution < 1.29 is 13.2 Å². The van der Waals surface area contributed by atoms with E-state index in [-0.39, 0.29) is 0 Å². The van der Waals surface area contributed by atoms with E-state index in [1.807, 2.05) is 30.3 Å². The molecule has 0 aliphatic heterocycles. The van der Waals surface area contributed by atoms with Crippen LogP contribution < -0.4 is 0 Å². The molecule has 1 rings (SSSR count). The van der Waals surface area contributed by atoms with Crippen LogP contribution in [0.15, 0.2) is 30.3 Å². The maximum Gasteiger partial charge on any atom is 0.401 e. The van der Waals surface area contributed by atoms with Gasteiger partial charge >= 0.3 is 6.18 Å². The van der Waals surface area contributed by atoms with Gasteiger partial charge in [0.05, 0.1) is 6.54 Å². The van der Waals surface area contributed by atoms with Gasteiger partial charge in [-0.3, -0.25) is 4.90 Å². The van der Waals surface area contributed by atoms with Crippen molar-refractivity contribution in [2.45, 2.75) is 12.6 Å². The van der Waals surface area contributed by atoms with Gasteiger partial charge < -0.3 is 0 Å². The van der Waals surface area contributed by atoms with Gasteiger partial charge in [-0.25, -0.2) is 0 Å². The SMILES string of the molecule is CN(CCc1ccccc1)CC(F)(F)F. The quantitative estimate of drug-likeness (QED) is 0.749. The summed E-state index contributed by atoms with van der Waals surface area (Å²) in [4.78, 5) is 1.28. The summed E-state index contributed by atoms with van der Waals surface area (Å²) in [6.07, 6.45) is -3.46. The Morgan fingerprint density at radius 1 is 1.13 bits per heavy atom. The van der Waals surface area contributed by atoms with Crippen molar-refractivity contribution in [2.75, 3.05) is 20.1 Å². The van der Waals surface area contributed by atoms with E-state index in [9.17, 15) is 13.2 Å². The van der Waals surface area contributed by atoms with Gasteiger partial charge in [0, 0.05) is 6.54 Å². The summed E-state index contributed by atoms with van der Waals surface area (Å²) < 4.78 is 36.0. The summed E-state index contributed by atoms with van der Waals surface area (Å²) in [5.41, 5.74) is 1.06. The molecule has 0 atom stereocenters. The molecular weight excluding hydrogens is 203 g/mol. The molecule has 0 fully saturated rings. The Balaban J connectivity index is 2.32. The third-order valence-electron chi connectivity index (χ3n) is 2.07. The lowest BCUT2D eigenvalue weighted by atomic mass is 10.1. The van der Waals surface area contributed by atoms with Gasteiger partial charge in [0.15, 0.2) is 0 Å². The molecule has 0 aliphatic carbocycles. The summed E-state index contributed by atoms with van der Waals surface area (Å²) >= 11 is 0. The second-order valence-electron chi connectivity index (χ2n) is 3.59. The molecule has 1 aromatic carbocycles. The zero-order chi connectivity index (χ0) is 11.3. The molecule has 84 valence electrons. The van der Waals surface area contributed by atoms with Crippen LogP contribution in [-0.4, -0.2) is 31.2 Å². The first-order valence-corrected chi connectivity index (χ1v) is 4.76. The van der Waals surface area contributed by atoms with Crippen LogP contribution >= 0.6 is 0 Å². The van der Waals surface area contributed by atoms with Crippen molar-refractivity contribution in [3.63, 3.8) is 0 Å². The monoisotopic (exact) mass is 217 g/mol. The summed E-state index contributed by atoms with van der Waals surface area (Å²) in [5, 5.41) is 0. The zero-order valence-electron chi connectivity index (χ0n) is 8.59. The minimum atomic E-state index is -4.11. The Morgan fingerprint density at radius 2 is 1.73 bits per heavy atom. The number of hydrogen-bond donors (Lipinski definition) is 0. The summed E-state index contributed by atoms with van der Waals surface area (Å²) in [6.45, 7) is -0.427. The van der Waals surface area contributed by atoms with Gasteiger partial charge in [0.1, 0.15) is 0 Å². The first-order valence-electron chi connectivity index (χ1n) is 4.76. The van der Waals surface area contributed by atoms with Gasteiger partial charge in [-0.2, -0.15) is 13.2 Å². The van der Waals surface area contributed by atoms with Gasteiger partial charge in [-0.15, -0.1) is 0 Å². The molecule has 0 saturated heterocycles. The van der Waals surface area contributed by atoms with E-state index in [4.69, 9.17) is 0 Å². The second-order valence-corrected chi connectivity index (χ2v) is 3.59. The normalized spacial score (nSPS) is 12.1. The smallest absolute Gasteiger partial charge is 0.298 e. The molecule has 0 unspecified atom stereocenters. The number of rotatable bonds is 4. The van der Waals surface area contributed by atoms with Crippen molar-refractivity contribution >= 4 is 0 Å². The molecule has 1 aromatic rings. The largest absolute Gasteiger partial charge is 0.401 e. The Morgan fingerprint density at radius 3 is 2.27 bits per heavy atom. The third kappa shape index (κ3) is 5.42. The van der Waals surface area contributed by atoms with Crippen LogP contribution in [0.1, 0.15) is 5.56 Å². The number of halogens is 3. The number of benzene rings is 1. The molecule has 0 radical (unpaired) electrons. The Kier molecular flexibility index (Phi) is 4.15. The van der Waals surface area contributed by atoms with Crippen molar-refractivity contribution in [3.05, 3.63) is 35.9 Å². The average molecular weight is 217 g/mol. The number of hydrogen-bond acceptors (Lipinski definition) is 1. The van der Waals surface area contributed by atoms with Crippen molar-refractivity contribution in [1.29, 1.82) is 0 Å². The van der Waals surface area contributed by atoms with Gasteiger partial charge in [0.2, 0.25) is 0 Å². The molecule has 0 bridgehead atoms. The van der Waals surface area contributed by atoms with Crippen LogP contribution in [0.4, 0.5) is 13.2 Å². The molecule has 15 heavy (non-hydrogen) atoms. The summed E-state index contributed by atoms with van der Waals surface area (Å²) in [6, 6.07) is 9.50. The molecule has 0 saturated carbocycles. The van der Waals surface area contributed by atoms with Crippen LogP contribution in [-0.2, 0) is 6.42 Å². The van der Waals surface area contributed by atoms with Crippen molar-refractivity contribution in [3.8, 4) is 0 Å². The number of alkyl halides is 3. The standard InChI is InChI=1S/C11H14F3N/c1-15(9-11(12,13)14)8-7-10-5-3-2-4-6-10/h2-6H,7-9H2,1H3. The van der Waals surface area contributed by atoms with Crippen LogP contribution in [0.5, 0.6) is 0 Å². The molecule has 0 aliphatic rings. The van der Waals surface area contributed by atoms with Gasteiger partial charge in [-0.1, -0.05) is 30.3 Å². The van der Waals surface area contributed by atoms with Crippen LogP contribution in [0.25, 0.3) is 0 Å². The molecular formula is C11H14F3N. The molecule has 0 aromatic heterocycles. The maximum atomic E-state index is 12.0. The lowest BCUT2D eigenvalue weighted by Gasteiger charge is -2.18. The highest BCUT2D eigenvalue weighted by molar-refractivity contribution is 5.14. The molecule has 4 heteroatoms. The van der Waals surface area contributed by atoms with Crippen LogP contribution in [0.3, 0.4) is 0 Å². The molecule has 0 amide bonds. The predicted octanol–water partition coefficient (Wildman–Crippen LogP) is 2.72. The first kappa shape index (κ1) is 12.0. The van der Waals surface area contributed by atoms with E-state index in [1.165, 1.54) is 11.9 Å². The molecule has 1 nitrogen and oxygen atoms in total. The Hall–Kier alpha value is -1.03. The van der Waals surface area contributed by atoms with E-state index in [0.717, 1.165) is 5.56 Å². The van der Waals surface area contributed by atoms with Crippen molar-refractivity contribution in [1.82, 2.24) is 4.90 Å². The minimum Gasteiger partial charge on any atom is -0.298 e. The summed E-state index contributed by atoms with van der Waals surface area (Å²) in [5.74, 6) is 0. The molecule has 0 heterocycles. The highest BCUT2D eigenvalue weighted by Gasteiger charge is 2.28. The molecule has 0 spiro atoms. The second kappa shape index (κ2) is 5.16. The Labute approximate surface area is 87.5 Å². The molecule has 0 N–H and O–H groups in total. The topological polar surface area (TPSA) is 3.24 Å². The zero-order valence-corrected chi connectivity index (χ0v) is 8.59. The number of nitrogens with zero attached hydrogens (tertiary/aromatic N) is 1. The predicted molar refractivity (Wildman–Crippen MR) is 53.7 cm³/mol. The lowest BCUT2D eigenvalue weighted by molar-refractivity contribution is -0.142. The fourth-order valence-corrected chi connectivity index (χ4v) is 1.35. The summed E-state index contributed by atoms with van der Waals surface area (Å²) in [7, 11) is 1.48. The van der Waals surface area contributed by atoms with E-state index in [2.05, 4.69) is 0 Å². The van der Waals surface area contributed by atoms with Crippen molar-refractivity contribution in [2.24, 2.45) is 0 Å². The highest BCUT2D eigenvalue weighted by Crippen LogP contribution is 2.15. The number of likely N-dealkylation sites (N-methyl/N-ethyl adjacent to an activating group) is 1. The van der Waals surface area contributed by atoms with Gasteiger partial charge in [0.25, 0.3) is 0 Å². The van der Waals surface area contributed by atoms with Crippen LogP contribution in [0.2, 0.25) is 0 Å². The van der Waals surface area contributed by atoms with E-state index < -0.39 is 12.7 Å². The van der Waals surface area contributed by atoms with Gasteiger partial charge in [-0.05, 0) is 19.0 Å². The first-order chi connectivity index (χ1) is 6.97. The fourth-order valence-electron chi connectivity index (χ4n) is 1.35. The Bertz CT molecular complexity index is 282. The minimum absolute atomic E-state index is 0.420. The maximum absolute atomic E-state index is 12.0. The average Bonchev–Trinajstić information content (AvgIpc) is 2.14. The third-order valence-corrected chi connectivity index (χ3v) is 2.07. The van der Waals surface area contributed by atoms with E-state index >= 15 is 0 Å². The van der Waals surface area contributed by atoms with Crippen LogP contribution in [0, 0.1) is 0 Å². The lowest BCUT2D eigenvalue weighted by Crippen LogP contribution is -2.32. The fraction of sp³-hybridized carbons (Fsp3) is 0.455. The highest BCUT2D eigenvalue weighted by atomic mass is 19.4. The van der Waals surface area contributed by atoms with E-state index in [1.54, 1.807) is 0 Å². The van der Waals surface area contributed by atoms with E-state index in [0.29, 0.717) is 13.0 Å².